The Morgan fingerprint density at radius 3 is 2.41 bits per heavy atom. The van der Waals surface area contributed by atoms with Gasteiger partial charge in [-0.15, -0.1) is 0 Å². The summed E-state index contributed by atoms with van der Waals surface area (Å²) in [6.07, 6.45) is 4.95. The highest BCUT2D eigenvalue weighted by Gasteiger charge is 2.39. The zero-order chi connectivity index (χ0) is 16.3. The van der Waals surface area contributed by atoms with Gasteiger partial charge in [0.15, 0.2) is 5.25 Å². The van der Waals surface area contributed by atoms with E-state index in [1.165, 1.54) is 27.5 Å². The van der Waals surface area contributed by atoms with Crippen LogP contribution in [0.5, 0.6) is 0 Å². The smallest absolute Gasteiger partial charge is 0.247 e. The molecular weight excluding hydrogens is 320 g/mol. The quantitative estimate of drug-likeness (QED) is 0.825. The van der Waals surface area contributed by atoms with Crippen LogP contribution in [0.2, 0.25) is 0 Å². The van der Waals surface area contributed by atoms with Crippen molar-refractivity contribution in [3.05, 3.63) is 16.8 Å². The van der Waals surface area contributed by atoms with Gasteiger partial charge in [-0.05, 0) is 31.2 Å². The average molecular weight is 345 g/mol. The molecule has 1 atom stereocenters. The van der Waals surface area contributed by atoms with Gasteiger partial charge in [-0.3, -0.25) is 9.10 Å². The first-order valence-corrected chi connectivity index (χ1v) is 10.1. The third kappa shape index (κ3) is 3.46. The monoisotopic (exact) mass is 344 g/mol. The standard InChI is InChI=1S/C15H24N2O3S2/c1-12(15(18)16(2)3)22(19,20)17(14-9-10-21-11-14)13-7-5-4-6-8-13/h9-13H,4-8H2,1-3H3. The van der Waals surface area contributed by atoms with Gasteiger partial charge in [0, 0.05) is 25.5 Å². The summed E-state index contributed by atoms with van der Waals surface area (Å²) in [6, 6.07) is 1.79. The lowest BCUT2D eigenvalue weighted by molar-refractivity contribution is -0.127. The number of sulfonamides is 1. The first-order chi connectivity index (χ1) is 10.4. The SMILES string of the molecule is CC(C(=O)N(C)C)S(=O)(=O)N(c1ccsc1)C1CCCCC1. The Labute approximate surface area is 137 Å². The zero-order valence-corrected chi connectivity index (χ0v) is 15.0. The minimum absolute atomic E-state index is 0.0363. The molecule has 1 aliphatic carbocycles. The van der Waals surface area contributed by atoms with Crippen molar-refractivity contribution in [2.24, 2.45) is 0 Å². The summed E-state index contributed by atoms with van der Waals surface area (Å²) < 4.78 is 27.6. The highest BCUT2D eigenvalue weighted by atomic mass is 32.2. The molecule has 0 bridgehead atoms. The van der Waals surface area contributed by atoms with Crippen molar-refractivity contribution in [1.29, 1.82) is 0 Å². The molecule has 1 heterocycles. The topological polar surface area (TPSA) is 57.7 Å². The average Bonchev–Trinajstić information content (AvgIpc) is 3.00. The van der Waals surface area contributed by atoms with Gasteiger partial charge in [0.25, 0.3) is 0 Å². The zero-order valence-electron chi connectivity index (χ0n) is 13.4. The molecule has 0 radical (unpaired) electrons. The van der Waals surface area contributed by atoms with Crippen LogP contribution >= 0.6 is 11.3 Å². The lowest BCUT2D eigenvalue weighted by Crippen LogP contribution is -2.49. The van der Waals surface area contributed by atoms with E-state index in [2.05, 4.69) is 0 Å². The maximum absolute atomic E-state index is 13.1. The van der Waals surface area contributed by atoms with Crippen molar-refractivity contribution >= 4 is 33.0 Å². The normalized spacial score (nSPS) is 18.0. The lowest BCUT2D eigenvalue weighted by atomic mass is 9.95. The molecule has 1 aromatic heterocycles. The Bertz CT molecular complexity index is 590. The summed E-state index contributed by atoms with van der Waals surface area (Å²) >= 11 is 1.47. The minimum atomic E-state index is -3.72. The second kappa shape index (κ2) is 7.00. The van der Waals surface area contributed by atoms with E-state index in [1.807, 2.05) is 16.8 Å². The van der Waals surface area contributed by atoms with Gasteiger partial charge in [0.1, 0.15) is 0 Å². The van der Waals surface area contributed by atoms with Gasteiger partial charge >= 0.3 is 0 Å². The maximum atomic E-state index is 13.1. The Hall–Kier alpha value is -1.08. The molecule has 124 valence electrons. The Morgan fingerprint density at radius 2 is 1.91 bits per heavy atom. The number of nitrogens with zero attached hydrogens (tertiary/aromatic N) is 2. The third-order valence-electron chi connectivity index (χ3n) is 4.18. The molecule has 1 aromatic rings. The van der Waals surface area contributed by atoms with Crippen molar-refractivity contribution in [1.82, 2.24) is 4.90 Å². The van der Waals surface area contributed by atoms with Crippen LogP contribution in [0.1, 0.15) is 39.0 Å². The van der Waals surface area contributed by atoms with Gasteiger partial charge in [0.2, 0.25) is 15.9 Å². The van der Waals surface area contributed by atoms with Crippen molar-refractivity contribution in [2.75, 3.05) is 18.4 Å². The van der Waals surface area contributed by atoms with E-state index in [4.69, 9.17) is 0 Å². The number of thiophene rings is 1. The number of rotatable bonds is 5. The molecule has 2 rings (SSSR count). The molecule has 1 saturated carbocycles. The molecule has 0 saturated heterocycles. The van der Waals surface area contributed by atoms with E-state index in [-0.39, 0.29) is 11.9 Å². The summed E-state index contributed by atoms with van der Waals surface area (Å²) in [5, 5.41) is 2.65. The molecule has 7 heteroatoms. The van der Waals surface area contributed by atoms with Crippen LogP contribution < -0.4 is 4.31 Å². The van der Waals surface area contributed by atoms with Crippen molar-refractivity contribution in [2.45, 2.75) is 50.3 Å². The fraction of sp³-hybridized carbons (Fsp3) is 0.667. The van der Waals surface area contributed by atoms with Crippen LogP contribution in [-0.2, 0) is 14.8 Å². The largest absolute Gasteiger partial charge is 0.348 e. The molecule has 0 spiro atoms. The maximum Gasteiger partial charge on any atom is 0.247 e. The summed E-state index contributed by atoms with van der Waals surface area (Å²) in [4.78, 5) is 13.5. The van der Waals surface area contributed by atoms with Crippen LogP contribution in [-0.4, -0.2) is 44.6 Å². The van der Waals surface area contributed by atoms with Crippen LogP contribution in [0, 0.1) is 0 Å². The molecule has 0 aliphatic heterocycles. The number of carbonyl (C=O) groups excluding carboxylic acids is 1. The number of carbonyl (C=O) groups is 1. The Kier molecular flexibility index (Phi) is 5.50. The van der Waals surface area contributed by atoms with Crippen LogP contribution in [0.4, 0.5) is 5.69 Å². The Balaban J connectivity index is 2.37. The molecular formula is C15H24N2O3S2. The third-order valence-corrected chi connectivity index (χ3v) is 7.00. The molecule has 5 nitrogen and oxygen atoms in total. The second-order valence-corrected chi connectivity index (χ2v) is 8.90. The first-order valence-electron chi connectivity index (χ1n) is 7.62. The molecule has 1 unspecified atom stereocenters. The van der Waals surface area contributed by atoms with E-state index >= 15 is 0 Å². The lowest BCUT2D eigenvalue weighted by Gasteiger charge is -2.36. The predicted octanol–water partition coefficient (Wildman–Crippen LogP) is 2.69. The van der Waals surface area contributed by atoms with Crippen LogP contribution in [0.15, 0.2) is 16.8 Å². The highest BCUT2D eigenvalue weighted by Crippen LogP contribution is 2.32. The van der Waals surface area contributed by atoms with Crippen LogP contribution in [0.3, 0.4) is 0 Å². The van der Waals surface area contributed by atoms with E-state index in [0.29, 0.717) is 5.69 Å². The minimum Gasteiger partial charge on any atom is -0.348 e. The van der Waals surface area contributed by atoms with E-state index < -0.39 is 15.3 Å². The second-order valence-electron chi connectivity index (χ2n) is 5.99. The number of anilines is 1. The van der Waals surface area contributed by atoms with Gasteiger partial charge in [-0.25, -0.2) is 8.42 Å². The molecule has 22 heavy (non-hydrogen) atoms. The Morgan fingerprint density at radius 1 is 1.27 bits per heavy atom. The van der Waals surface area contributed by atoms with Gasteiger partial charge in [0.05, 0.1) is 5.69 Å². The highest BCUT2D eigenvalue weighted by molar-refractivity contribution is 7.94. The van der Waals surface area contributed by atoms with Crippen molar-refractivity contribution < 1.29 is 13.2 Å². The molecule has 1 fully saturated rings. The van der Waals surface area contributed by atoms with Gasteiger partial charge < -0.3 is 4.90 Å². The van der Waals surface area contributed by atoms with Crippen molar-refractivity contribution in [3.8, 4) is 0 Å². The molecule has 1 aliphatic rings. The van der Waals surface area contributed by atoms with E-state index in [0.717, 1.165) is 32.1 Å². The fourth-order valence-electron chi connectivity index (χ4n) is 2.93. The van der Waals surface area contributed by atoms with Crippen LogP contribution in [0.25, 0.3) is 0 Å². The number of hydrogen-bond donors (Lipinski definition) is 0. The van der Waals surface area contributed by atoms with E-state index in [9.17, 15) is 13.2 Å². The van der Waals surface area contributed by atoms with E-state index in [1.54, 1.807) is 14.1 Å². The number of hydrogen-bond acceptors (Lipinski definition) is 4. The summed E-state index contributed by atoms with van der Waals surface area (Å²) in [7, 11) is -0.545. The van der Waals surface area contributed by atoms with Crippen molar-refractivity contribution in [3.63, 3.8) is 0 Å². The summed E-state index contributed by atoms with van der Waals surface area (Å²) in [5.41, 5.74) is 0.690. The molecule has 1 amide bonds. The summed E-state index contributed by atoms with van der Waals surface area (Å²) in [5.74, 6) is -0.379. The molecule has 0 aromatic carbocycles. The van der Waals surface area contributed by atoms with Gasteiger partial charge in [-0.2, -0.15) is 11.3 Å². The van der Waals surface area contributed by atoms with Gasteiger partial charge in [-0.1, -0.05) is 19.3 Å². The first kappa shape index (κ1) is 17.3. The molecule has 0 N–H and O–H groups in total. The fourth-order valence-corrected chi connectivity index (χ4v) is 5.46. The predicted molar refractivity (Wildman–Crippen MR) is 90.7 cm³/mol. The summed E-state index contributed by atoms with van der Waals surface area (Å²) in [6.45, 7) is 1.49. The number of amides is 1.